The Morgan fingerprint density at radius 3 is 2.79 bits per heavy atom. The van der Waals surface area contributed by atoms with Gasteiger partial charge in [0.2, 0.25) is 11.8 Å². The van der Waals surface area contributed by atoms with Gasteiger partial charge in [-0.05, 0) is 43.5 Å². The highest BCUT2D eigenvalue weighted by Gasteiger charge is 2.25. The Morgan fingerprint density at radius 2 is 2.03 bits per heavy atom. The average Bonchev–Trinajstić information content (AvgIpc) is 2.75. The van der Waals surface area contributed by atoms with E-state index in [-0.39, 0.29) is 12.1 Å². The highest BCUT2D eigenvalue weighted by molar-refractivity contribution is 5.89. The monoisotopic (exact) mass is 400 g/mol. The first kappa shape index (κ1) is 20.7. The quantitative estimate of drug-likeness (QED) is 0.680. The molecule has 1 fully saturated rings. The van der Waals surface area contributed by atoms with E-state index < -0.39 is 0 Å². The van der Waals surface area contributed by atoms with E-state index in [0.717, 1.165) is 37.1 Å². The van der Waals surface area contributed by atoms with Crippen LogP contribution in [-0.2, 0) is 0 Å². The van der Waals surface area contributed by atoms with Crippen molar-refractivity contribution < 1.29 is 19.0 Å². The normalized spacial score (nSPS) is 16.2. The highest BCUT2D eigenvalue weighted by atomic mass is 16.5. The minimum atomic E-state index is -0.144. The van der Waals surface area contributed by atoms with Crippen molar-refractivity contribution >= 4 is 11.7 Å². The Labute approximate surface area is 171 Å². The summed E-state index contributed by atoms with van der Waals surface area (Å²) >= 11 is 0. The van der Waals surface area contributed by atoms with E-state index in [0.29, 0.717) is 31.5 Å². The fourth-order valence-corrected chi connectivity index (χ4v) is 3.05. The molecule has 1 aliphatic rings. The number of benzene rings is 1. The summed E-state index contributed by atoms with van der Waals surface area (Å²) in [6.07, 6.45) is 6.77. The zero-order chi connectivity index (χ0) is 20.5. The van der Waals surface area contributed by atoms with Crippen molar-refractivity contribution in [1.29, 1.82) is 0 Å². The predicted octanol–water partition coefficient (Wildman–Crippen LogP) is 3.74. The number of nitrogens with zero attached hydrogens (tertiary/aromatic N) is 3. The first-order valence-corrected chi connectivity index (χ1v) is 9.99. The first-order valence-electron chi connectivity index (χ1n) is 9.99. The Kier molecular flexibility index (Phi) is 7.49. The molecule has 1 aromatic heterocycles. The number of amides is 2. The third-order valence-electron chi connectivity index (χ3n) is 4.62. The largest absolute Gasteiger partial charge is 0.494 e. The molecular formula is C21H28N4O4. The molecule has 29 heavy (non-hydrogen) atoms. The molecule has 1 unspecified atom stereocenters. The molecule has 8 heteroatoms. The number of methoxy groups -OCH3 is 1. The van der Waals surface area contributed by atoms with Crippen LogP contribution in [0.5, 0.6) is 17.5 Å². The molecule has 2 heterocycles. The molecule has 8 nitrogen and oxygen atoms in total. The minimum Gasteiger partial charge on any atom is -0.494 e. The molecule has 2 amide bonds. The van der Waals surface area contributed by atoms with Crippen LogP contribution in [0, 0.1) is 0 Å². The van der Waals surface area contributed by atoms with Crippen LogP contribution in [-0.4, -0.2) is 53.8 Å². The number of anilines is 1. The summed E-state index contributed by atoms with van der Waals surface area (Å²) < 4.78 is 16.6. The first-order chi connectivity index (χ1) is 14.2. The number of hydrogen-bond donors (Lipinski definition) is 1. The summed E-state index contributed by atoms with van der Waals surface area (Å²) in [5.74, 6) is 1.60. The van der Waals surface area contributed by atoms with Crippen molar-refractivity contribution in [2.24, 2.45) is 0 Å². The van der Waals surface area contributed by atoms with E-state index in [1.807, 2.05) is 24.3 Å². The van der Waals surface area contributed by atoms with Gasteiger partial charge < -0.3 is 24.4 Å². The van der Waals surface area contributed by atoms with Gasteiger partial charge in [0.25, 0.3) is 0 Å². The predicted molar refractivity (Wildman–Crippen MR) is 110 cm³/mol. The number of unbranched alkanes of at least 4 members (excludes halogenated alkanes) is 1. The van der Waals surface area contributed by atoms with Crippen molar-refractivity contribution in [3.8, 4) is 17.5 Å². The lowest BCUT2D eigenvalue weighted by molar-refractivity contribution is 0.101. The molecule has 1 aromatic carbocycles. The van der Waals surface area contributed by atoms with Gasteiger partial charge in [0.1, 0.15) is 11.9 Å². The van der Waals surface area contributed by atoms with Gasteiger partial charge in [0.05, 0.1) is 32.7 Å². The molecular weight excluding hydrogens is 372 g/mol. The van der Waals surface area contributed by atoms with Crippen molar-refractivity contribution in [3.05, 3.63) is 36.7 Å². The number of ether oxygens (including phenoxy) is 3. The molecule has 0 spiro atoms. The molecule has 0 saturated carbocycles. The Balaban J connectivity index is 1.51. The van der Waals surface area contributed by atoms with E-state index in [9.17, 15) is 4.79 Å². The third kappa shape index (κ3) is 6.23. The number of urea groups is 1. The lowest BCUT2D eigenvalue weighted by Gasteiger charge is -2.32. The van der Waals surface area contributed by atoms with E-state index in [1.54, 1.807) is 11.1 Å². The van der Waals surface area contributed by atoms with Crippen molar-refractivity contribution in [3.63, 3.8) is 0 Å². The van der Waals surface area contributed by atoms with E-state index in [4.69, 9.17) is 14.2 Å². The topological polar surface area (TPSA) is 85.8 Å². The number of carbonyl (C=O) groups is 1. The summed E-state index contributed by atoms with van der Waals surface area (Å²) in [5.41, 5.74) is 0.736. The van der Waals surface area contributed by atoms with Gasteiger partial charge in [-0.2, -0.15) is 4.98 Å². The Hall–Kier alpha value is -3.03. The fourth-order valence-electron chi connectivity index (χ4n) is 3.05. The molecule has 0 radical (unpaired) electrons. The molecule has 1 aliphatic heterocycles. The van der Waals surface area contributed by atoms with Crippen LogP contribution in [0.1, 0.15) is 32.6 Å². The lowest BCUT2D eigenvalue weighted by Crippen LogP contribution is -2.46. The maximum atomic E-state index is 12.6. The van der Waals surface area contributed by atoms with Crippen LogP contribution >= 0.6 is 0 Å². The third-order valence-corrected chi connectivity index (χ3v) is 4.62. The smallest absolute Gasteiger partial charge is 0.321 e. The van der Waals surface area contributed by atoms with E-state index in [2.05, 4.69) is 22.2 Å². The lowest BCUT2D eigenvalue weighted by atomic mass is 10.1. The summed E-state index contributed by atoms with van der Waals surface area (Å²) in [6.45, 7) is 4.01. The fraction of sp³-hybridized carbons (Fsp3) is 0.476. The van der Waals surface area contributed by atoms with Crippen molar-refractivity contribution in [2.45, 2.75) is 38.7 Å². The van der Waals surface area contributed by atoms with Crippen LogP contribution in [0.4, 0.5) is 10.5 Å². The second kappa shape index (κ2) is 10.5. The second-order valence-electron chi connectivity index (χ2n) is 6.88. The number of hydrogen-bond acceptors (Lipinski definition) is 6. The number of likely N-dealkylation sites (tertiary alicyclic amines) is 1. The standard InChI is InChI=1S/C21H28N4O4/c1-3-4-12-28-17-9-7-16(8-10-17)23-21(26)25-11-5-6-18(15-25)29-20-14-22-13-19(24-20)27-2/h7-10,13-14,18H,3-6,11-12,15H2,1-2H3,(H,23,26). The maximum absolute atomic E-state index is 12.6. The van der Waals surface area contributed by atoms with Crippen LogP contribution in [0.25, 0.3) is 0 Å². The molecule has 1 N–H and O–H groups in total. The van der Waals surface area contributed by atoms with Gasteiger partial charge in [-0.15, -0.1) is 0 Å². The van der Waals surface area contributed by atoms with Gasteiger partial charge in [-0.3, -0.25) is 4.98 Å². The van der Waals surface area contributed by atoms with Gasteiger partial charge in [-0.1, -0.05) is 13.3 Å². The maximum Gasteiger partial charge on any atom is 0.321 e. The van der Waals surface area contributed by atoms with Gasteiger partial charge >= 0.3 is 6.03 Å². The van der Waals surface area contributed by atoms with Gasteiger partial charge in [0, 0.05) is 12.2 Å². The molecule has 1 atom stereocenters. The van der Waals surface area contributed by atoms with Crippen LogP contribution in [0.15, 0.2) is 36.7 Å². The molecule has 0 bridgehead atoms. The zero-order valence-corrected chi connectivity index (χ0v) is 17.0. The Bertz CT molecular complexity index is 785. The number of rotatable bonds is 8. The van der Waals surface area contributed by atoms with Gasteiger partial charge in [0.15, 0.2) is 0 Å². The van der Waals surface area contributed by atoms with Crippen molar-refractivity contribution in [2.75, 3.05) is 32.1 Å². The minimum absolute atomic E-state index is 0.134. The van der Waals surface area contributed by atoms with Gasteiger partial charge in [-0.25, -0.2) is 4.79 Å². The molecule has 0 aliphatic carbocycles. The number of nitrogens with one attached hydrogen (secondary N) is 1. The summed E-state index contributed by atoms with van der Waals surface area (Å²) in [4.78, 5) is 22.7. The molecule has 1 saturated heterocycles. The SMILES string of the molecule is CCCCOc1ccc(NC(=O)N2CCCC(Oc3cncc(OC)n3)C2)cc1. The molecule has 156 valence electrons. The number of carbonyl (C=O) groups excluding carboxylic acids is 1. The summed E-state index contributed by atoms with van der Waals surface area (Å²) in [7, 11) is 1.53. The average molecular weight is 400 g/mol. The molecule has 3 rings (SSSR count). The highest BCUT2D eigenvalue weighted by Crippen LogP contribution is 2.20. The number of aromatic nitrogens is 2. The van der Waals surface area contributed by atoms with Crippen LogP contribution in [0.3, 0.4) is 0 Å². The number of piperidine rings is 1. The van der Waals surface area contributed by atoms with Crippen molar-refractivity contribution in [1.82, 2.24) is 14.9 Å². The molecule has 2 aromatic rings. The second-order valence-corrected chi connectivity index (χ2v) is 6.88. The summed E-state index contributed by atoms with van der Waals surface area (Å²) in [6, 6.07) is 7.30. The van der Waals surface area contributed by atoms with Crippen LogP contribution in [0.2, 0.25) is 0 Å². The van der Waals surface area contributed by atoms with E-state index in [1.165, 1.54) is 13.3 Å². The summed E-state index contributed by atoms with van der Waals surface area (Å²) in [5, 5.41) is 2.94. The Morgan fingerprint density at radius 1 is 1.24 bits per heavy atom. The van der Waals surface area contributed by atoms with Crippen LogP contribution < -0.4 is 19.5 Å². The zero-order valence-electron chi connectivity index (χ0n) is 17.0. The van der Waals surface area contributed by atoms with E-state index >= 15 is 0 Å².